The number of nitrogens with one attached hydrogen (secondary N) is 1. The molecule has 0 fully saturated rings. The molecule has 1 amide bonds. The highest BCUT2D eigenvalue weighted by molar-refractivity contribution is 7.13. The van der Waals surface area contributed by atoms with E-state index in [0.717, 1.165) is 27.3 Å². The summed E-state index contributed by atoms with van der Waals surface area (Å²) in [6, 6.07) is 17.1. The molecule has 35 heavy (non-hydrogen) atoms. The first-order chi connectivity index (χ1) is 17.1. The van der Waals surface area contributed by atoms with Crippen molar-refractivity contribution in [1.29, 1.82) is 0 Å². The summed E-state index contributed by atoms with van der Waals surface area (Å²) >= 11 is 1.40. The summed E-state index contributed by atoms with van der Waals surface area (Å²) in [6.45, 7) is 2.61. The molecule has 5 rings (SSSR count). The minimum absolute atomic E-state index is 0.167. The molecule has 3 heterocycles. The van der Waals surface area contributed by atoms with Gasteiger partial charge in [-0.25, -0.2) is 0 Å². The van der Waals surface area contributed by atoms with Crippen molar-refractivity contribution >= 4 is 17.2 Å². The molecule has 176 valence electrons. The smallest absolute Gasteiger partial charge is 0.252 e. The van der Waals surface area contributed by atoms with E-state index >= 15 is 0 Å². The SMILES string of the molecule is COc1cccc(CNC(=O)c2csc(-c3nnn(Cc4ccc(-c5nnc(C)o5)cc4)n3)c2)c1. The lowest BCUT2D eigenvalue weighted by atomic mass is 10.1. The van der Waals surface area contributed by atoms with Crippen LogP contribution >= 0.6 is 11.3 Å². The fraction of sp³-hybridized carbons (Fsp3) is 0.167. The van der Waals surface area contributed by atoms with Crippen molar-refractivity contribution in [1.82, 2.24) is 35.7 Å². The molecule has 0 aliphatic carbocycles. The monoisotopic (exact) mass is 487 g/mol. The Morgan fingerprint density at radius 3 is 2.71 bits per heavy atom. The second kappa shape index (κ2) is 9.85. The van der Waals surface area contributed by atoms with Gasteiger partial charge >= 0.3 is 0 Å². The number of carbonyl (C=O) groups excluding carboxylic acids is 1. The molecule has 10 nitrogen and oxygen atoms in total. The van der Waals surface area contributed by atoms with Crippen molar-refractivity contribution < 1.29 is 13.9 Å². The Balaban J connectivity index is 1.20. The van der Waals surface area contributed by atoms with Crippen LogP contribution in [-0.4, -0.2) is 43.4 Å². The lowest BCUT2D eigenvalue weighted by Gasteiger charge is -2.06. The molecule has 0 atom stereocenters. The van der Waals surface area contributed by atoms with Crippen LogP contribution in [0.4, 0.5) is 0 Å². The van der Waals surface area contributed by atoms with Gasteiger partial charge in [0.15, 0.2) is 0 Å². The van der Waals surface area contributed by atoms with Crippen molar-refractivity contribution in [2.75, 3.05) is 7.11 Å². The van der Waals surface area contributed by atoms with Crippen LogP contribution in [0.25, 0.3) is 22.2 Å². The second-order valence-electron chi connectivity index (χ2n) is 7.70. The molecular formula is C24H21N7O3S. The maximum absolute atomic E-state index is 12.6. The molecular weight excluding hydrogens is 466 g/mol. The zero-order valence-corrected chi connectivity index (χ0v) is 19.8. The lowest BCUT2D eigenvalue weighted by Crippen LogP contribution is -2.22. The molecule has 11 heteroatoms. The number of thiophene rings is 1. The quantitative estimate of drug-likeness (QED) is 0.351. The highest BCUT2D eigenvalue weighted by Gasteiger charge is 2.14. The van der Waals surface area contributed by atoms with E-state index in [2.05, 4.69) is 30.9 Å². The van der Waals surface area contributed by atoms with E-state index in [4.69, 9.17) is 9.15 Å². The number of rotatable bonds is 8. The van der Waals surface area contributed by atoms with Crippen molar-refractivity contribution in [3.8, 4) is 27.9 Å². The topological polar surface area (TPSA) is 121 Å². The van der Waals surface area contributed by atoms with Crippen LogP contribution in [0, 0.1) is 6.92 Å². The zero-order valence-electron chi connectivity index (χ0n) is 19.0. The number of carbonyl (C=O) groups is 1. The van der Waals surface area contributed by atoms with Gasteiger partial charge in [-0.1, -0.05) is 24.3 Å². The van der Waals surface area contributed by atoms with Gasteiger partial charge in [-0.05, 0) is 46.7 Å². The Kier molecular flexibility index (Phi) is 6.31. The summed E-state index contributed by atoms with van der Waals surface area (Å²) < 4.78 is 10.7. The predicted octanol–water partition coefficient (Wildman–Crippen LogP) is 3.75. The Morgan fingerprint density at radius 1 is 1.09 bits per heavy atom. The molecule has 1 N–H and O–H groups in total. The number of benzene rings is 2. The standard InChI is InChI=1S/C24H21N7O3S/c1-15-26-28-24(34-15)18-8-6-16(7-9-18)13-31-29-22(27-30-31)21-11-19(14-35-21)23(32)25-12-17-4-3-5-20(10-17)33-2/h3-11,14H,12-13H2,1-2H3,(H,25,32). The normalized spacial score (nSPS) is 10.9. The van der Waals surface area contributed by atoms with E-state index in [1.54, 1.807) is 25.5 Å². The van der Waals surface area contributed by atoms with Crippen LogP contribution in [0.3, 0.4) is 0 Å². The van der Waals surface area contributed by atoms with Crippen LogP contribution in [0.2, 0.25) is 0 Å². The number of tetrazole rings is 1. The molecule has 0 spiro atoms. The number of aryl methyl sites for hydroxylation is 1. The summed E-state index contributed by atoms with van der Waals surface area (Å²) in [5.74, 6) is 2.06. The minimum atomic E-state index is -0.167. The summed E-state index contributed by atoms with van der Waals surface area (Å²) in [5, 5.41) is 25.3. The zero-order chi connectivity index (χ0) is 24.2. The van der Waals surface area contributed by atoms with E-state index in [0.29, 0.717) is 36.3 Å². The number of hydrogen-bond donors (Lipinski definition) is 1. The summed E-state index contributed by atoms with van der Waals surface area (Å²) in [6.07, 6.45) is 0. The number of aromatic nitrogens is 6. The van der Waals surface area contributed by atoms with Gasteiger partial charge in [0.05, 0.1) is 24.1 Å². The highest BCUT2D eigenvalue weighted by Crippen LogP contribution is 2.24. The number of nitrogens with zero attached hydrogens (tertiary/aromatic N) is 6. The molecule has 5 aromatic rings. The molecule has 0 saturated carbocycles. The molecule has 0 radical (unpaired) electrons. The predicted molar refractivity (Wildman–Crippen MR) is 129 cm³/mol. The first-order valence-electron chi connectivity index (χ1n) is 10.7. The highest BCUT2D eigenvalue weighted by atomic mass is 32.1. The second-order valence-corrected chi connectivity index (χ2v) is 8.61. The maximum atomic E-state index is 12.6. The number of amides is 1. The largest absolute Gasteiger partial charge is 0.497 e. The fourth-order valence-corrected chi connectivity index (χ4v) is 4.19. The van der Waals surface area contributed by atoms with Gasteiger partial charge < -0.3 is 14.5 Å². The van der Waals surface area contributed by atoms with Crippen molar-refractivity contribution in [2.24, 2.45) is 0 Å². The van der Waals surface area contributed by atoms with E-state index in [-0.39, 0.29) is 5.91 Å². The van der Waals surface area contributed by atoms with Crippen molar-refractivity contribution in [3.05, 3.63) is 82.6 Å². The molecule has 0 unspecified atom stereocenters. The van der Waals surface area contributed by atoms with Gasteiger partial charge in [0.1, 0.15) is 5.75 Å². The molecule has 3 aromatic heterocycles. The molecule has 2 aromatic carbocycles. The van der Waals surface area contributed by atoms with Crippen molar-refractivity contribution in [2.45, 2.75) is 20.0 Å². The fourth-order valence-electron chi connectivity index (χ4n) is 3.38. The number of ether oxygens (including phenoxy) is 1. The van der Waals surface area contributed by atoms with E-state index in [9.17, 15) is 4.79 Å². The molecule has 0 aliphatic rings. The van der Waals surface area contributed by atoms with Crippen LogP contribution in [-0.2, 0) is 13.1 Å². The minimum Gasteiger partial charge on any atom is -0.497 e. The first kappa shape index (κ1) is 22.4. The van der Waals surface area contributed by atoms with Crippen LogP contribution < -0.4 is 10.1 Å². The average molecular weight is 488 g/mol. The Labute approximate surface area is 204 Å². The Hall–Kier alpha value is -4.38. The first-order valence-corrected chi connectivity index (χ1v) is 11.6. The van der Waals surface area contributed by atoms with Gasteiger partial charge in [0.2, 0.25) is 17.6 Å². The van der Waals surface area contributed by atoms with Crippen LogP contribution in [0.1, 0.15) is 27.4 Å². The van der Waals surface area contributed by atoms with E-state index in [1.807, 2.05) is 48.5 Å². The lowest BCUT2D eigenvalue weighted by molar-refractivity contribution is 0.0951. The summed E-state index contributed by atoms with van der Waals surface area (Å²) in [5.41, 5.74) is 3.35. The van der Waals surface area contributed by atoms with Gasteiger partial charge in [-0.3, -0.25) is 4.79 Å². The van der Waals surface area contributed by atoms with E-state index < -0.39 is 0 Å². The third-order valence-corrected chi connectivity index (χ3v) is 6.10. The molecule has 0 saturated heterocycles. The number of hydrogen-bond acceptors (Lipinski definition) is 9. The average Bonchev–Trinajstić information content (AvgIpc) is 3.64. The summed E-state index contributed by atoms with van der Waals surface area (Å²) in [4.78, 5) is 14.9. The van der Waals surface area contributed by atoms with Gasteiger partial charge in [0.25, 0.3) is 5.91 Å². The third kappa shape index (κ3) is 5.25. The van der Waals surface area contributed by atoms with Gasteiger partial charge in [-0.2, -0.15) is 4.80 Å². The van der Waals surface area contributed by atoms with Gasteiger partial charge in [-0.15, -0.1) is 31.7 Å². The molecule has 0 bridgehead atoms. The van der Waals surface area contributed by atoms with Crippen molar-refractivity contribution in [3.63, 3.8) is 0 Å². The van der Waals surface area contributed by atoms with Crippen LogP contribution in [0.5, 0.6) is 5.75 Å². The Bertz CT molecular complexity index is 1460. The number of methoxy groups -OCH3 is 1. The van der Waals surface area contributed by atoms with Crippen LogP contribution in [0.15, 0.2) is 64.4 Å². The third-order valence-electron chi connectivity index (χ3n) is 5.17. The summed E-state index contributed by atoms with van der Waals surface area (Å²) in [7, 11) is 1.61. The maximum Gasteiger partial charge on any atom is 0.252 e. The van der Waals surface area contributed by atoms with Gasteiger partial charge in [0, 0.05) is 24.4 Å². The Morgan fingerprint density at radius 2 is 1.94 bits per heavy atom. The molecule has 0 aliphatic heterocycles. The van der Waals surface area contributed by atoms with E-state index in [1.165, 1.54) is 16.1 Å².